The second-order valence-corrected chi connectivity index (χ2v) is 8.34. The van der Waals surface area contributed by atoms with Crippen molar-refractivity contribution in [2.24, 2.45) is 5.92 Å². The summed E-state index contributed by atoms with van der Waals surface area (Å²) in [7, 11) is 0. The highest BCUT2D eigenvalue weighted by atomic mass is 19.1. The third-order valence-corrected chi connectivity index (χ3v) is 5.95. The SMILES string of the molecule is CC(C)(NC(=O)c1nn(-c2ccc(F)cc2F)c2c1C1CC1C2)c1ccncc1. The molecule has 0 radical (unpaired) electrons. The summed E-state index contributed by atoms with van der Waals surface area (Å²) < 4.78 is 29.2. The Morgan fingerprint density at radius 3 is 2.69 bits per heavy atom. The second-order valence-electron chi connectivity index (χ2n) is 8.34. The van der Waals surface area contributed by atoms with Gasteiger partial charge in [-0.3, -0.25) is 9.78 Å². The Balaban J connectivity index is 1.54. The molecule has 5 nitrogen and oxygen atoms in total. The van der Waals surface area contributed by atoms with Crippen LogP contribution in [0.2, 0.25) is 0 Å². The van der Waals surface area contributed by atoms with Crippen molar-refractivity contribution < 1.29 is 13.6 Å². The Labute approximate surface area is 166 Å². The van der Waals surface area contributed by atoms with Crippen molar-refractivity contribution >= 4 is 5.91 Å². The molecule has 2 heterocycles. The molecule has 1 saturated carbocycles. The highest BCUT2D eigenvalue weighted by Gasteiger charge is 2.50. The van der Waals surface area contributed by atoms with Crippen molar-refractivity contribution in [1.29, 1.82) is 0 Å². The Morgan fingerprint density at radius 1 is 1.21 bits per heavy atom. The molecule has 3 aromatic rings. The fourth-order valence-electron chi connectivity index (χ4n) is 4.33. The number of benzene rings is 1. The molecule has 1 N–H and O–H groups in total. The summed E-state index contributed by atoms with van der Waals surface area (Å²) in [6, 6.07) is 7.12. The van der Waals surface area contributed by atoms with Crippen LogP contribution in [0.15, 0.2) is 42.7 Å². The smallest absolute Gasteiger partial charge is 0.272 e. The number of amides is 1. The van der Waals surface area contributed by atoms with Gasteiger partial charge in [-0.25, -0.2) is 13.5 Å². The molecule has 5 rings (SSSR count). The van der Waals surface area contributed by atoms with Crippen LogP contribution in [0.5, 0.6) is 0 Å². The number of aromatic nitrogens is 3. The normalized spacial score (nSPS) is 19.6. The molecule has 7 heteroatoms. The van der Waals surface area contributed by atoms with Crippen molar-refractivity contribution in [2.45, 2.75) is 38.1 Å². The van der Waals surface area contributed by atoms with Gasteiger partial charge in [-0.1, -0.05) is 0 Å². The van der Waals surface area contributed by atoms with Gasteiger partial charge in [0.2, 0.25) is 0 Å². The van der Waals surface area contributed by atoms with Gasteiger partial charge in [-0.15, -0.1) is 0 Å². The van der Waals surface area contributed by atoms with E-state index >= 15 is 0 Å². The monoisotopic (exact) mass is 394 g/mol. The van der Waals surface area contributed by atoms with Crippen LogP contribution >= 0.6 is 0 Å². The van der Waals surface area contributed by atoms with Crippen LogP contribution in [-0.2, 0) is 12.0 Å². The topological polar surface area (TPSA) is 59.8 Å². The largest absolute Gasteiger partial charge is 0.342 e. The number of fused-ring (bicyclic) bond motifs is 3. The molecule has 1 fully saturated rings. The van der Waals surface area contributed by atoms with Gasteiger partial charge in [0, 0.05) is 29.7 Å². The van der Waals surface area contributed by atoms with Crippen LogP contribution in [-0.4, -0.2) is 20.7 Å². The lowest BCUT2D eigenvalue weighted by molar-refractivity contribution is 0.0905. The lowest BCUT2D eigenvalue weighted by Crippen LogP contribution is -2.41. The Hall–Kier alpha value is -3.09. The molecule has 0 saturated heterocycles. The first-order valence-corrected chi connectivity index (χ1v) is 9.65. The summed E-state index contributed by atoms with van der Waals surface area (Å²) in [5, 5.41) is 7.53. The van der Waals surface area contributed by atoms with E-state index in [9.17, 15) is 13.6 Å². The number of pyridine rings is 1. The number of nitrogens with zero attached hydrogens (tertiary/aromatic N) is 3. The molecule has 0 spiro atoms. The van der Waals surface area contributed by atoms with Crippen molar-refractivity contribution in [2.75, 3.05) is 0 Å². The predicted molar refractivity (Wildman–Crippen MR) is 103 cm³/mol. The summed E-state index contributed by atoms with van der Waals surface area (Å²) >= 11 is 0. The third kappa shape index (κ3) is 2.92. The fraction of sp³-hybridized carbons (Fsp3) is 0.318. The van der Waals surface area contributed by atoms with Gasteiger partial charge in [-0.05, 0) is 68.4 Å². The molecule has 0 aliphatic heterocycles. The maximum Gasteiger partial charge on any atom is 0.272 e. The molecular formula is C22H20F2N4O. The quantitative estimate of drug-likeness (QED) is 0.731. The molecule has 148 valence electrons. The molecule has 1 amide bonds. The van der Waals surface area contributed by atoms with E-state index in [1.165, 1.54) is 16.8 Å². The Morgan fingerprint density at radius 2 is 1.97 bits per heavy atom. The summed E-state index contributed by atoms with van der Waals surface area (Å²) in [5.74, 6) is -0.851. The molecule has 1 aromatic carbocycles. The lowest BCUT2D eigenvalue weighted by atomic mass is 9.95. The third-order valence-electron chi connectivity index (χ3n) is 5.95. The van der Waals surface area contributed by atoms with Gasteiger partial charge in [0.15, 0.2) is 11.5 Å². The molecule has 0 bridgehead atoms. The van der Waals surface area contributed by atoms with Gasteiger partial charge in [0.1, 0.15) is 11.5 Å². The minimum Gasteiger partial charge on any atom is -0.342 e. The zero-order chi connectivity index (χ0) is 20.3. The van der Waals surface area contributed by atoms with Crippen molar-refractivity contribution in [1.82, 2.24) is 20.1 Å². The van der Waals surface area contributed by atoms with E-state index in [4.69, 9.17) is 0 Å². The van der Waals surface area contributed by atoms with Crippen LogP contribution in [0.3, 0.4) is 0 Å². The average molecular weight is 394 g/mol. The number of rotatable bonds is 4. The minimum absolute atomic E-state index is 0.163. The molecule has 2 aliphatic carbocycles. The zero-order valence-electron chi connectivity index (χ0n) is 16.1. The summed E-state index contributed by atoms with van der Waals surface area (Å²) in [4.78, 5) is 17.2. The van der Waals surface area contributed by atoms with Gasteiger partial charge < -0.3 is 5.32 Å². The van der Waals surface area contributed by atoms with Crippen LogP contribution < -0.4 is 5.32 Å². The second kappa shape index (κ2) is 6.20. The number of hydrogen-bond acceptors (Lipinski definition) is 3. The van der Waals surface area contributed by atoms with Gasteiger partial charge in [0.25, 0.3) is 5.91 Å². The molecule has 2 unspecified atom stereocenters. The van der Waals surface area contributed by atoms with Gasteiger partial charge >= 0.3 is 0 Å². The molecular weight excluding hydrogens is 374 g/mol. The van der Waals surface area contributed by atoms with E-state index < -0.39 is 17.2 Å². The van der Waals surface area contributed by atoms with E-state index in [0.29, 0.717) is 17.5 Å². The van der Waals surface area contributed by atoms with Crippen molar-refractivity contribution in [3.8, 4) is 5.69 Å². The molecule has 2 aromatic heterocycles. The fourth-order valence-corrected chi connectivity index (χ4v) is 4.33. The summed E-state index contributed by atoms with van der Waals surface area (Å²) in [6.07, 6.45) is 5.15. The first-order chi connectivity index (χ1) is 13.8. The van der Waals surface area contributed by atoms with Crippen molar-refractivity contribution in [3.63, 3.8) is 0 Å². The maximum absolute atomic E-state index is 14.4. The zero-order valence-corrected chi connectivity index (χ0v) is 16.1. The van der Waals surface area contributed by atoms with E-state index in [1.54, 1.807) is 12.4 Å². The summed E-state index contributed by atoms with van der Waals surface area (Å²) in [6.45, 7) is 3.83. The van der Waals surface area contributed by atoms with E-state index in [2.05, 4.69) is 15.4 Å². The Bertz CT molecular complexity index is 1120. The highest BCUT2D eigenvalue weighted by molar-refractivity contribution is 5.95. The predicted octanol–water partition coefficient (Wildman–Crippen LogP) is 3.87. The maximum atomic E-state index is 14.4. The van der Waals surface area contributed by atoms with Crippen LogP contribution in [0.25, 0.3) is 5.69 Å². The summed E-state index contributed by atoms with van der Waals surface area (Å²) in [5.41, 5.74) is 2.54. The first kappa shape index (κ1) is 18.0. The molecule has 2 aliphatic rings. The average Bonchev–Trinajstić information content (AvgIpc) is 3.19. The van der Waals surface area contributed by atoms with Crippen molar-refractivity contribution in [3.05, 3.63) is 76.9 Å². The lowest BCUT2D eigenvalue weighted by Gasteiger charge is -2.26. The standard InChI is InChI=1S/C22H20F2N4O/c1-22(2,13-5-7-25-8-6-13)26-21(29)20-19-15-9-12(15)10-18(19)28(27-20)17-4-3-14(23)11-16(17)24/h3-8,11-12,15H,9-10H2,1-2H3,(H,26,29). The number of halogens is 2. The van der Waals surface area contributed by atoms with E-state index in [1.807, 2.05) is 26.0 Å². The van der Waals surface area contributed by atoms with Gasteiger partial charge in [0.05, 0.1) is 5.54 Å². The molecule has 29 heavy (non-hydrogen) atoms. The van der Waals surface area contributed by atoms with Crippen LogP contribution in [0, 0.1) is 17.6 Å². The van der Waals surface area contributed by atoms with E-state index in [0.717, 1.165) is 35.7 Å². The number of nitrogens with one attached hydrogen (secondary N) is 1. The van der Waals surface area contributed by atoms with E-state index in [-0.39, 0.29) is 11.6 Å². The van der Waals surface area contributed by atoms with Gasteiger partial charge in [-0.2, -0.15) is 5.10 Å². The molecule has 2 atom stereocenters. The minimum atomic E-state index is -0.694. The first-order valence-electron chi connectivity index (χ1n) is 9.65. The number of carbonyl (C=O) groups excluding carboxylic acids is 1. The number of carbonyl (C=O) groups is 1. The highest BCUT2D eigenvalue weighted by Crippen LogP contribution is 2.57. The Kier molecular flexibility index (Phi) is 3.84. The van der Waals surface area contributed by atoms with Crippen LogP contribution in [0.1, 0.15) is 53.5 Å². The number of hydrogen-bond donors (Lipinski definition) is 1. The van der Waals surface area contributed by atoms with Crippen LogP contribution in [0.4, 0.5) is 8.78 Å².